The number of carbonyl (C=O) groups is 1. The van der Waals surface area contributed by atoms with E-state index in [9.17, 15) is 4.79 Å². The number of morpholine rings is 1. The van der Waals surface area contributed by atoms with Gasteiger partial charge < -0.3 is 15.0 Å². The Kier molecular flexibility index (Phi) is 4.53. The average Bonchev–Trinajstić information content (AvgIpc) is 2.40. The zero-order valence-corrected chi connectivity index (χ0v) is 10.2. The van der Waals surface area contributed by atoms with E-state index in [-0.39, 0.29) is 11.9 Å². The molecule has 0 radical (unpaired) electrons. The van der Waals surface area contributed by atoms with Crippen LogP contribution in [0.1, 0.15) is 0 Å². The summed E-state index contributed by atoms with van der Waals surface area (Å²) in [7, 11) is 0. The molecule has 2 rings (SSSR count). The van der Waals surface area contributed by atoms with Crippen LogP contribution in [0.25, 0.3) is 0 Å². The number of hydrogen-bond donors (Lipinski definition) is 1. The molecule has 0 aromatic carbocycles. The fourth-order valence-electron chi connectivity index (χ4n) is 2.28. The molecule has 1 amide bonds. The van der Waals surface area contributed by atoms with Gasteiger partial charge in [0.25, 0.3) is 0 Å². The van der Waals surface area contributed by atoms with Crippen molar-refractivity contribution in [2.75, 3.05) is 52.5 Å². The van der Waals surface area contributed by atoms with Crippen LogP contribution in [-0.2, 0) is 9.53 Å². The van der Waals surface area contributed by atoms with E-state index in [0.29, 0.717) is 13.2 Å². The van der Waals surface area contributed by atoms with Gasteiger partial charge in [0.15, 0.2) is 0 Å². The number of rotatable bonds is 3. The van der Waals surface area contributed by atoms with Crippen LogP contribution in [0.2, 0.25) is 0 Å². The highest BCUT2D eigenvalue weighted by molar-refractivity contribution is 5.82. The van der Waals surface area contributed by atoms with Crippen molar-refractivity contribution in [3.8, 4) is 0 Å². The Morgan fingerprint density at radius 3 is 2.76 bits per heavy atom. The summed E-state index contributed by atoms with van der Waals surface area (Å²) in [5.41, 5.74) is 0. The molecule has 2 saturated heterocycles. The Morgan fingerprint density at radius 2 is 2.18 bits per heavy atom. The Morgan fingerprint density at radius 1 is 1.41 bits per heavy atom. The van der Waals surface area contributed by atoms with Crippen LogP contribution < -0.4 is 5.32 Å². The largest absolute Gasteiger partial charge is 0.378 e. The van der Waals surface area contributed by atoms with Gasteiger partial charge in [-0.25, -0.2) is 0 Å². The molecular weight excluding hydrogens is 218 g/mol. The Labute approximate surface area is 102 Å². The summed E-state index contributed by atoms with van der Waals surface area (Å²) in [6, 6.07) is -0.144. The van der Waals surface area contributed by atoms with E-state index in [1.54, 1.807) is 0 Å². The number of nitrogens with zero attached hydrogens (tertiary/aromatic N) is 2. The maximum absolute atomic E-state index is 12.2. The van der Waals surface area contributed by atoms with Crippen molar-refractivity contribution < 1.29 is 9.53 Å². The van der Waals surface area contributed by atoms with Crippen molar-refractivity contribution in [3.05, 3.63) is 12.7 Å². The second-order valence-electron chi connectivity index (χ2n) is 4.50. The van der Waals surface area contributed by atoms with Crippen LogP contribution in [0, 0.1) is 0 Å². The molecule has 1 atom stereocenters. The molecular formula is C12H21N3O2. The Balaban J connectivity index is 1.79. The lowest BCUT2D eigenvalue weighted by Crippen LogP contribution is -2.57. The van der Waals surface area contributed by atoms with E-state index in [2.05, 4.69) is 16.8 Å². The van der Waals surface area contributed by atoms with Gasteiger partial charge in [-0.3, -0.25) is 9.69 Å². The minimum Gasteiger partial charge on any atom is -0.378 e. The molecule has 0 bridgehead atoms. The first kappa shape index (κ1) is 12.5. The fourth-order valence-corrected chi connectivity index (χ4v) is 2.28. The summed E-state index contributed by atoms with van der Waals surface area (Å²) >= 11 is 0. The van der Waals surface area contributed by atoms with E-state index in [0.717, 1.165) is 39.3 Å². The molecule has 0 aromatic heterocycles. The van der Waals surface area contributed by atoms with E-state index in [1.165, 1.54) is 0 Å². The van der Waals surface area contributed by atoms with Gasteiger partial charge in [0, 0.05) is 39.3 Å². The molecule has 1 N–H and O–H groups in total. The number of amides is 1. The molecule has 2 fully saturated rings. The van der Waals surface area contributed by atoms with E-state index in [4.69, 9.17) is 4.74 Å². The minimum absolute atomic E-state index is 0.144. The molecule has 5 nitrogen and oxygen atoms in total. The van der Waals surface area contributed by atoms with Crippen molar-refractivity contribution in [1.29, 1.82) is 0 Å². The summed E-state index contributed by atoms with van der Waals surface area (Å²) in [6.45, 7) is 10.1. The quantitative estimate of drug-likeness (QED) is 0.662. The van der Waals surface area contributed by atoms with Gasteiger partial charge in [0.05, 0.1) is 13.2 Å². The summed E-state index contributed by atoms with van der Waals surface area (Å²) in [6.07, 6.45) is 1.91. The normalized spacial score (nSPS) is 26.8. The monoisotopic (exact) mass is 239 g/mol. The Hall–Kier alpha value is -0.910. The topological polar surface area (TPSA) is 44.8 Å². The number of hydrogen-bond acceptors (Lipinski definition) is 4. The van der Waals surface area contributed by atoms with Crippen molar-refractivity contribution >= 4 is 5.91 Å². The van der Waals surface area contributed by atoms with E-state index in [1.807, 2.05) is 11.0 Å². The van der Waals surface area contributed by atoms with Crippen LogP contribution in [0.5, 0.6) is 0 Å². The van der Waals surface area contributed by atoms with Crippen molar-refractivity contribution in [1.82, 2.24) is 15.1 Å². The summed E-state index contributed by atoms with van der Waals surface area (Å²) < 4.78 is 5.32. The predicted octanol–water partition coefficient (Wildman–Crippen LogP) is -0.695. The van der Waals surface area contributed by atoms with Crippen molar-refractivity contribution in [2.45, 2.75) is 6.04 Å². The molecule has 96 valence electrons. The number of carbonyl (C=O) groups excluding carboxylic acids is 1. The van der Waals surface area contributed by atoms with Crippen LogP contribution in [-0.4, -0.2) is 74.2 Å². The van der Waals surface area contributed by atoms with Crippen LogP contribution in [0.4, 0.5) is 0 Å². The van der Waals surface area contributed by atoms with Gasteiger partial charge in [-0.1, -0.05) is 6.08 Å². The highest BCUT2D eigenvalue weighted by atomic mass is 16.5. The maximum atomic E-state index is 12.2. The zero-order valence-electron chi connectivity index (χ0n) is 10.2. The standard InChI is InChI=1S/C12H21N3O2/c1-2-4-14-5-7-15(8-6-14)12(16)11-10-17-9-3-13-11/h2,11,13H,1,3-10H2. The number of piperazine rings is 1. The maximum Gasteiger partial charge on any atom is 0.242 e. The van der Waals surface area contributed by atoms with Crippen molar-refractivity contribution in [2.24, 2.45) is 0 Å². The first-order chi connectivity index (χ1) is 8.31. The summed E-state index contributed by atoms with van der Waals surface area (Å²) in [5, 5.41) is 3.21. The first-order valence-corrected chi connectivity index (χ1v) is 6.24. The van der Waals surface area contributed by atoms with Crippen LogP contribution in [0.3, 0.4) is 0 Å². The zero-order chi connectivity index (χ0) is 12.1. The first-order valence-electron chi connectivity index (χ1n) is 6.24. The minimum atomic E-state index is -0.144. The highest BCUT2D eigenvalue weighted by Gasteiger charge is 2.28. The SMILES string of the molecule is C=CCN1CCN(C(=O)C2COCCN2)CC1. The lowest BCUT2D eigenvalue weighted by Gasteiger charge is -2.36. The number of ether oxygens (including phenoxy) is 1. The molecule has 0 spiro atoms. The number of nitrogens with one attached hydrogen (secondary N) is 1. The molecule has 17 heavy (non-hydrogen) atoms. The van der Waals surface area contributed by atoms with Gasteiger partial charge >= 0.3 is 0 Å². The average molecular weight is 239 g/mol. The Bertz CT molecular complexity index is 269. The van der Waals surface area contributed by atoms with Crippen LogP contribution >= 0.6 is 0 Å². The van der Waals surface area contributed by atoms with Gasteiger partial charge in [-0.2, -0.15) is 0 Å². The lowest BCUT2D eigenvalue weighted by molar-refractivity contribution is -0.138. The van der Waals surface area contributed by atoms with Gasteiger partial charge in [0.1, 0.15) is 6.04 Å². The van der Waals surface area contributed by atoms with Gasteiger partial charge in [-0.15, -0.1) is 6.58 Å². The van der Waals surface area contributed by atoms with E-state index >= 15 is 0 Å². The highest BCUT2D eigenvalue weighted by Crippen LogP contribution is 2.05. The third kappa shape index (κ3) is 3.28. The second-order valence-corrected chi connectivity index (χ2v) is 4.50. The summed E-state index contributed by atoms with van der Waals surface area (Å²) in [4.78, 5) is 16.4. The fraction of sp³-hybridized carbons (Fsp3) is 0.750. The van der Waals surface area contributed by atoms with Gasteiger partial charge in [0.2, 0.25) is 5.91 Å². The molecule has 1 unspecified atom stereocenters. The third-order valence-electron chi connectivity index (χ3n) is 3.29. The van der Waals surface area contributed by atoms with Gasteiger partial charge in [-0.05, 0) is 0 Å². The molecule has 2 aliphatic rings. The molecule has 0 aromatic rings. The smallest absolute Gasteiger partial charge is 0.242 e. The molecule has 2 aliphatic heterocycles. The van der Waals surface area contributed by atoms with Crippen molar-refractivity contribution in [3.63, 3.8) is 0 Å². The lowest BCUT2D eigenvalue weighted by atomic mass is 10.2. The molecule has 2 heterocycles. The summed E-state index contributed by atoms with van der Waals surface area (Å²) in [5.74, 6) is 0.183. The third-order valence-corrected chi connectivity index (χ3v) is 3.29. The second kappa shape index (κ2) is 6.14. The molecule has 5 heteroatoms. The molecule has 0 aliphatic carbocycles. The predicted molar refractivity (Wildman–Crippen MR) is 65.8 cm³/mol. The molecule has 0 saturated carbocycles. The van der Waals surface area contributed by atoms with E-state index < -0.39 is 0 Å². The van der Waals surface area contributed by atoms with Crippen LogP contribution in [0.15, 0.2) is 12.7 Å².